The van der Waals surface area contributed by atoms with Crippen molar-refractivity contribution in [1.82, 2.24) is 29.9 Å². The van der Waals surface area contributed by atoms with Crippen molar-refractivity contribution in [3.63, 3.8) is 0 Å². The Bertz CT molecular complexity index is 1110. The molecule has 4 rings (SSSR count). The molecule has 1 N–H and O–H groups in total. The molecule has 0 aliphatic carbocycles. The van der Waals surface area contributed by atoms with Crippen molar-refractivity contribution in [2.75, 3.05) is 39.3 Å². The maximum atomic E-state index is 12.6. The number of nitrogens with one attached hydrogen (secondary N) is 1. The van der Waals surface area contributed by atoms with Gasteiger partial charge in [0.2, 0.25) is 0 Å². The van der Waals surface area contributed by atoms with Crippen molar-refractivity contribution in [3.05, 3.63) is 53.8 Å². The van der Waals surface area contributed by atoms with Gasteiger partial charge in [0.05, 0.1) is 11.9 Å². The number of benzene rings is 1. The first-order chi connectivity index (χ1) is 16.3. The molecule has 34 heavy (non-hydrogen) atoms. The Balaban J connectivity index is 1.22. The molecule has 1 aromatic carbocycles. The minimum absolute atomic E-state index is 0.189. The number of hydrogen-bond donors (Lipinski definition) is 1. The summed E-state index contributed by atoms with van der Waals surface area (Å²) in [6.45, 7) is 9.58. The van der Waals surface area contributed by atoms with Crippen LogP contribution in [0.4, 0.5) is 4.79 Å². The monoisotopic (exact) mass is 482 g/mol. The second-order valence-corrected chi connectivity index (χ2v) is 9.97. The lowest BCUT2D eigenvalue weighted by atomic mass is 10.2. The molecule has 2 amide bonds. The van der Waals surface area contributed by atoms with Crippen molar-refractivity contribution in [2.24, 2.45) is 0 Å². The molecule has 0 atom stereocenters. The van der Waals surface area contributed by atoms with Crippen molar-refractivity contribution in [1.29, 1.82) is 0 Å². The molecule has 3 heterocycles. The maximum Gasteiger partial charge on any atom is 0.410 e. The topological polar surface area (TPSA) is 92.6 Å². The Morgan fingerprint density at radius 3 is 2.56 bits per heavy atom. The summed E-state index contributed by atoms with van der Waals surface area (Å²) >= 11 is 1.42. The van der Waals surface area contributed by atoms with Crippen molar-refractivity contribution in [2.45, 2.75) is 26.4 Å². The predicted molar refractivity (Wildman–Crippen MR) is 131 cm³/mol. The number of amides is 2. The number of para-hydroxylation sites is 1. The minimum Gasteiger partial charge on any atom is -0.444 e. The van der Waals surface area contributed by atoms with E-state index in [-0.39, 0.29) is 12.0 Å². The third kappa shape index (κ3) is 6.21. The van der Waals surface area contributed by atoms with Crippen molar-refractivity contribution < 1.29 is 14.3 Å². The molecular formula is C24H30N6O3S. The largest absolute Gasteiger partial charge is 0.444 e. The molecule has 0 bridgehead atoms. The van der Waals surface area contributed by atoms with Gasteiger partial charge in [-0.2, -0.15) is 5.10 Å². The highest BCUT2D eigenvalue weighted by molar-refractivity contribution is 7.13. The van der Waals surface area contributed by atoms with E-state index in [1.54, 1.807) is 21.2 Å². The highest BCUT2D eigenvalue weighted by atomic mass is 32.1. The highest BCUT2D eigenvalue weighted by Crippen LogP contribution is 2.24. The van der Waals surface area contributed by atoms with Crippen LogP contribution in [0, 0.1) is 0 Å². The third-order valence-corrected chi connectivity index (χ3v) is 6.22. The zero-order chi connectivity index (χ0) is 24.1. The van der Waals surface area contributed by atoms with E-state index in [1.807, 2.05) is 57.3 Å². The zero-order valence-corrected chi connectivity index (χ0v) is 20.5. The molecule has 0 saturated carbocycles. The molecule has 0 radical (unpaired) electrons. The number of carbonyl (C=O) groups excluding carboxylic acids is 2. The molecule has 0 unspecified atom stereocenters. The average Bonchev–Trinajstić information content (AvgIpc) is 3.49. The van der Waals surface area contributed by atoms with Crippen LogP contribution in [0.15, 0.2) is 48.1 Å². The molecule has 9 nitrogen and oxygen atoms in total. The average molecular weight is 483 g/mol. The van der Waals surface area contributed by atoms with Crippen molar-refractivity contribution in [3.8, 4) is 16.3 Å². The van der Waals surface area contributed by atoms with Crippen LogP contribution in [0.1, 0.15) is 31.3 Å². The van der Waals surface area contributed by atoms with E-state index >= 15 is 0 Å². The van der Waals surface area contributed by atoms with Crippen LogP contribution in [-0.4, -0.2) is 81.4 Å². The summed E-state index contributed by atoms with van der Waals surface area (Å²) in [5, 5.41) is 9.86. The number of piperazine rings is 1. The smallest absolute Gasteiger partial charge is 0.410 e. The van der Waals surface area contributed by atoms with Gasteiger partial charge in [0.1, 0.15) is 16.3 Å². The van der Waals surface area contributed by atoms with E-state index in [2.05, 4.69) is 20.3 Å². The Kier molecular flexibility index (Phi) is 7.28. The molecule has 1 aliphatic rings. The van der Waals surface area contributed by atoms with Gasteiger partial charge in [-0.15, -0.1) is 11.3 Å². The van der Waals surface area contributed by atoms with Gasteiger partial charge in [-0.1, -0.05) is 18.2 Å². The summed E-state index contributed by atoms with van der Waals surface area (Å²) in [5.74, 6) is -0.189. The van der Waals surface area contributed by atoms with Crippen LogP contribution in [0.3, 0.4) is 0 Å². The van der Waals surface area contributed by atoms with Gasteiger partial charge in [0.25, 0.3) is 5.91 Å². The third-order valence-electron chi connectivity index (χ3n) is 5.32. The molecule has 180 valence electrons. The lowest BCUT2D eigenvalue weighted by molar-refractivity contribution is 0.0147. The lowest BCUT2D eigenvalue weighted by Gasteiger charge is -2.35. The van der Waals surface area contributed by atoms with Gasteiger partial charge < -0.3 is 15.0 Å². The van der Waals surface area contributed by atoms with E-state index in [1.165, 1.54) is 11.3 Å². The Morgan fingerprint density at radius 2 is 1.85 bits per heavy atom. The predicted octanol–water partition coefficient (Wildman–Crippen LogP) is 3.28. The van der Waals surface area contributed by atoms with E-state index in [4.69, 9.17) is 4.74 Å². The van der Waals surface area contributed by atoms with Crippen molar-refractivity contribution >= 4 is 23.3 Å². The fraction of sp³-hybridized carbons (Fsp3) is 0.417. The molecule has 1 saturated heterocycles. The summed E-state index contributed by atoms with van der Waals surface area (Å²) in [6.07, 6.45) is 3.39. The summed E-state index contributed by atoms with van der Waals surface area (Å²) in [6, 6.07) is 9.85. The second-order valence-electron chi connectivity index (χ2n) is 9.11. The SMILES string of the molecule is CC(C)(C)OC(=O)N1CCN(CCNC(=O)c2csc(-c3cnn(-c4ccccc4)c3)n2)CC1. The quantitative estimate of drug-likeness (QED) is 0.580. The van der Waals surface area contributed by atoms with Crippen LogP contribution >= 0.6 is 11.3 Å². The van der Waals surface area contributed by atoms with Gasteiger partial charge in [-0.3, -0.25) is 9.69 Å². The van der Waals surface area contributed by atoms with Gasteiger partial charge in [-0.05, 0) is 32.9 Å². The summed E-state index contributed by atoms with van der Waals surface area (Å²) in [7, 11) is 0. The summed E-state index contributed by atoms with van der Waals surface area (Å²) < 4.78 is 7.22. The first kappa shape index (κ1) is 23.9. The first-order valence-electron chi connectivity index (χ1n) is 11.3. The van der Waals surface area contributed by atoms with Crippen LogP contribution in [0.2, 0.25) is 0 Å². The van der Waals surface area contributed by atoms with Crippen LogP contribution in [-0.2, 0) is 4.74 Å². The number of rotatable bonds is 6. The lowest BCUT2D eigenvalue weighted by Crippen LogP contribution is -2.51. The number of hydrogen-bond acceptors (Lipinski definition) is 7. The highest BCUT2D eigenvalue weighted by Gasteiger charge is 2.25. The number of ether oxygens (including phenoxy) is 1. The molecule has 0 spiro atoms. The number of aromatic nitrogens is 3. The zero-order valence-electron chi connectivity index (χ0n) is 19.7. The summed E-state index contributed by atoms with van der Waals surface area (Å²) in [4.78, 5) is 33.2. The molecule has 10 heteroatoms. The fourth-order valence-electron chi connectivity index (χ4n) is 3.56. The van der Waals surface area contributed by atoms with Gasteiger partial charge >= 0.3 is 6.09 Å². The van der Waals surface area contributed by atoms with E-state index < -0.39 is 5.60 Å². The van der Waals surface area contributed by atoms with Crippen LogP contribution in [0.25, 0.3) is 16.3 Å². The standard InChI is InChI=1S/C24H30N6O3S/c1-24(2,3)33-23(32)29-13-11-28(12-14-29)10-9-25-21(31)20-17-34-22(27-20)18-15-26-30(16-18)19-7-5-4-6-8-19/h4-8,15-17H,9-14H2,1-3H3,(H,25,31). The Hall–Kier alpha value is -3.24. The Labute approximate surface area is 203 Å². The molecule has 3 aromatic rings. The van der Waals surface area contributed by atoms with E-state index in [0.717, 1.165) is 35.9 Å². The normalized spacial score (nSPS) is 14.7. The first-order valence-corrected chi connectivity index (χ1v) is 12.2. The van der Waals surface area contributed by atoms with E-state index in [9.17, 15) is 9.59 Å². The second kappa shape index (κ2) is 10.4. The van der Waals surface area contributed by atoms with Gasteiger partial charge in [-0.25, -0.2) is 14.5 Å². The molecular weight excluding hydrogens is 452 g/mol. The molecule has 2 aromatic heterocycles. The van der Waals surface area contributed by atoms with Gasteiger partial charge in [0, 0.05) is 56.4 Å². The number of thiazole rings is 1. The summed E-state index contributed by atoms with van der Waals surface area (Å²) in [5.41, 5.74) is 1.75. The number of carbonyl (C=O) groups is 2. The van der Waals surface area contributed by atoms with Gasteiger partial charge in [0.15, 0.2) is 0 Å². The Morgan fingerprint density at radius 1 is 1.12 bits per heavy atom. The molecule has 1 aliphatic heterocycles. The van der Waals surface area contributed by atoms with Crippen LogP contribution < -0.4 is 5.32 Å². The van der Waals surface area contributed by atoms with E-state index in [0.29, 0.717) is 25.3 Å². The fourth-order valence-corrected chi connectivity index (χ4v) is 4.34. The maximum absolute atomic E-state index is 12.6. The molecule has 1 fully saturated rings. The number of nitrogens with zero attached hydrogens (tertiary/aromatic N) is 5. The van der Waals surface area contributed by atoms with Crippen LogP contribution in [0.5, 0.6) is 0 Å². The minimum atomic E-state index is -0.490.